The number of piperidine rings is 1. The van der Waals surface area contributed by atoms with E-state index in [0.717, 1.165) is 29.9 Å². The summed E-state index contributed by atoms with van der Waals surface area (Å²) in [6.07, 6.45) is 6.78. The summed E-state index contributed by atoms with van der Waals surface area (Å²) in [6, 6.07) is 5.33. The minimum absolute atomic E-state index is 0. The number of benzene rings is 1. The maximum atomic E-state index is 13.9. The lowest BCUT2D eigenvalue weighted by atomic mass is 9.93. The lowest BCUT2D eigenvalue weighted by molar-refractivity contribution is 0.189. The van der Waals surface area contributed by atoms with Crippen LogP contribution in [0.1, 0.15) is 24.9 Å². The third-order valence-electron chi connectivity index (χ3n) is 4.78. The van der Waals surface area contributed by atoms with Gasteiger partial charge in [-0.2, -0.15) is 0 Å². The van der Waals surface area contributed by atoms with Gasteiger partial charge in [-0.1, -0.05) is 22.9 Å². The number of nitrogens with one attached hydrogen (secondary N) is 1. The molecule has 0 aliphatic carbocycles. The molecule has 2 aromatic rings. The van der Waals surface area contributed by atoms with E-state index < -0.39 is 0 Å². The molecular formula is C18H24BrFIN5. The van der Waals surface area contributed by atoms with Crippen molar-refractivity contribution >= 4 is 45.9 Å². The molecule has 3 rings (SSSR count). The van der Waals surface area contributed by atoms with Crippen LogP contribution in [0.15, 0.2) is 46.4 Å². The SMILES string of the molecule is CN=C(NCc1cc(Br)ccc1F)N1CCC(C)C(n2ccnc2)C1.I. The fourth-order valence-corrected chi connectivity index (χ4v) is 3.69. The molecule has 0 bridgehead atoms. The second kappa shape index (κ2) is 9.68. The van der Waals surface area contributed by atoms with Crippen molar-refractivity contribution < 1.29 is 4.39 Å². The molecule has 1 N–H and O–H groups in total. The molecule has 0 amide bonds. The van der Waals surface area contributed by atoms with Crippen molar-refractivity contribution in [2.24, 2.45) is 10.9 Å². The van der Waals surface area contributed by atoms with Gasteiger partial charge in [0, 0.05) is 49.1 Å². The van der Waals surface area contributed by atoms with Gasteiger partial charge in [-0.15, -0.1) is 24.0 Å². The highest BCUT2D eigenvalue weighted by atomic mass is 127. The number of guanidine groups is 1. The molecule has 142 valence electrons. The zero-order valence-electron chi connectivity index (χ0n) is 14.9. The van der Waals surface area contributed by atoms with Crippen molar-refractivity contribution in [1.82, 2.24) is 19.8 Å². The largest absolute Gasteiger partial charge is 0.352 e. The second-order valence-corrected chi connectivity index (χ2v) is 7.34. The highest BCUT2D eigenvalue weighted by Gasteiger charge is 2.28. The number of aliphatic imine (C=N–C) groups is 1. The average molecular weight is 536 g/mol. The summed E-state index contributed by atoms with van der Waals surface area (Å²) in [4.78, 5) is 10.8. The summed E-state index contributed by atoms with van der Waals surface area (Å²) in [7, 11) is 1.77. The van der Waals surface area contributed by atoms with Crippen molar-refractivity contribution in [2.45, 2.75) is 25.9 Å². The van der Waals surface area contributed by atoms with Gasteiger partial charge in [0.05, 0.1) is 12.4 Å². The van der Waals surface area contributed by atoms with Gasteiger partial charge >= 0.3 is 0 Å². The van der Waals surface area contributed by atoms with E-state index in [1.54, 1.807) is 19.2 Å². The molecule has 1 aliphatic heterocycles. The number of halogens is 3. The first kappa shape index (κ1) is 21.1. The van der Waals surface area contributed by atoms with Gasteiger partial charge in [0.25, 0.3) is 0 Å². The van der Waals surface area contributed by atoms with E-state index in [1.165, 1.54) is 6.07 Å². The van der Waals surface area contributed by atoms with E-state index in [0.29, 0.717) is 24.1 Å². The van der Waals surface area contributed by atoms with Gasteiger partial charge in [-0.25, -0.2) is 9.37 Å². The molecule has 0 saturated carbocycles. The third-order valence-corrected chi connectivity index (χ3v) is 5.28. The van der Waals surface area contributed by atoms with E-state index in [2.05, 4.69) is 47.6 Å². The van der Waals surface area contributed by atoms with Crippen LogP contribution in [0.25, 0.3) is 0 Å². The lowest BCUT2D eigenvalue weighted by Crippen LogP contribution is -2.48. The van der Waals surface area contributed by atoms with Crippen LogP contribution >= 0.6 is 39.9 Å². The molecule has 0 spiro atoms. The predicted molar refractivity (Wildman–Crippen MR) is 116 cm³/mol. The number of rotatable bonds is 3. The van der Waals surface area contributed by atoms with Crippen LogP contribution in [0.2, 0.25) is 0 Å². The quantitative estimate of drug-likeness (QED) is 0.366. The molecule has 1 saturated heterocycles. The molecular weight excluding hydrogens is 512 g/mol. The summed E-state index contributed by atoms with van der Waals surface area (Å²) in [6.45, 7) is 4.47. The van der Waals surface area contributed by atoms with Crippen molar-refractivity contribution in [3.63, 3.8) is 0 Å². The van der Waals surface area contributed by atoms with E-state index in [1.807, 2.05) is 18.7 Å². The van der Waals surface area contributed by atoms with Crippen molar-refractivity contribution in [2.75, 3.05) is 20.1 Å². The van der Waals surface area contributed by atoms with Gasteiger partial charge < -0.3 is 14.8 Å². The van der Waals surface area contributed by atoms with Gasteiger partial charge in [0.15, 0.2) is 5.96 Å². The molecule has 2 heterocycles. The molecule has 5 nitrogen and oxygen atoms in total. The minimum atomic E-state index is -0.213. The normalized spacial score (nSPS) is 20.6. The average Bonchev–Trinajstić information content (AvgIpc) is 3.14. The number of nitrogens with zero attached hydrogens (tertiary/aromatic N) is 4. The Hall–Kier alpha value is -1.16. The number of aromatic nitrogens is 2. The highest BCUT2D eigenvalue weighted by molar-refractivity contribution is 14.0. The van der Waals surface area contributed by atoms with Crippen LogP contribution in [-0.2, 0) is 6.54 Å². The molecule has 1 aromatic carbocycles. The first-order valence-electron chi connectivity index (χ1n) is 8.45. The Morgan fingerprint density at radius 1 is 1.46 bits per heavy atom. The van der Waals surface area contributed by atoms with Crippen LogP contribution in [0.4, 0.5) is 4.39 Å². The van der Waals surface area contributed by atoms with Gasteiger partial charge in [-0.05, 0) is 30.5 Å². The maximum absolute atomic E-state index is 13.9. The van der Waals surface area contributed by atoms with E-state index >= 15 is 0 Å². The molecule has 8 heteroatoms. The fourth-order valence-electron chi connectivity index (χ4n) is 3.28. The Morgan fingerprint density at radius 2 is 2.27 bits per heavy atom. The predicted octanol–water partition coefficient (Wildman–Crippen LogP) is 4.06. The van der Waals surface area contributed by atoms with E-state index in [4.69, 9.17) is 0 Å². The first-order chi connectivity index (χ1) is 12.1. The Kier molecular flexibility index (Phi) is 7.87. The monoisotopic (exact) mass is 535 g/mol. The Bertz CT molecular complexity index is 737. The van der Waals surface area contributed by atoms with Crippen LogP contribution < -0.4 is 5.32 Å². The zero-order chi connectivity index (χ0) is 17.8. The van der Waals surface area contributed by atoms with Crippen molar-refractivity contribution in [3.05, 3.63) is 52.8 Å². The summed E-state index contributed by atoms with van der Waals surface area (Å²) < 4.78 is 17.0. The van der Waals surface area contributed by atoms with Crippen LogP contribution in [0.5, 0.6) is 0 Å². The summed E-state index contributed by atoms with van der Waals surface area (Å²) in [5, 5.41) is 3.29. The number of hydrogen-bond acceptors (Lipinski definition) is 2. The van der Waals surface area contributed by atoms with E-state index in [9.17, 15) is 4.39 Å². The van der Waals surface area contributed by atoms with Crippen LogP contribution in [-0.4, -0.2) is 40.5 Å². The number of imidazole rings is 1. The standard InChI is InChI=1S/C18H23BrFN5.HI/c1-13-5-7-24(11-17(13)25-8-6-22-12-25)18(21-2)23-10-14-9-15(19)3-4-16(14)20;/h3-4,6,8-9,12-13,17H,5,7,10-11H2,1-2H3,(H,21,23);1H. The Labute approximate surface area is 179 Å². The molecule has 1 aromatic heterocycles. The topological polar surface area (TPSA) is 45.5 Å². The molecule has 0 radical (unpaired) electrons. The smallest absolute Gasteiger partial charge is 0.193 e. The number of likely N-dealkylation sites (tertiary alicyclic amines) is 1. The zero-order valence-corrected chi connectivity index (χ0v) is 18.8. The van der Waals surface area contributed by atoms with E-state index in [-0.39, 0.29) is 29.8 Å². The highest BCUT2D eigenvalue weighted by Crippen LogP contribution is 2.27. The van der Waals surface area contributed by atoms with Crippen LogP contribution in [0, 0.1) is 11.7 Å². The molecule has 1 aliphatic rings. The Morgan fingerprint density at radius 3 is 2.96 bits per heavy atom. The molecule has 2 unspecified atom stereocenters. The van der Waals surface area contributed by atoms with Crippen LogP contribution in [0.3, 0.4) is 0 Å². The van der Waals surface area contributed by atoms with Gasteiger partial charge in [0.1, 0.15) is 5.82 Å². The molecule has 1 fully saturated rings. The second-order valence-electron chi connectivity index (χ2n) is 6.43. The Balaban J connectivity index is 0.00000243. The number of hydrogen-bond donors (Lipinski definition) is 1. The van der Waals surface area contributed by atoms with Gasteiger partial charge in [0.2, 0.25) is 0 Å². The van der Waals surface area contributed by atoms with Gasteiger partial charge in [-0.3, -0.25) is 4.99 Å². The summed E-state index contributed by atoms with van der Waals surface area (Å²) in [5.74, 6) is 1.16. The van der Waals surface area contributed by atoms with Crippen molar-refractivity contribution in [3.8, 4) is 0 Å². The third kappa shape index (κ3) is 4.97. The summed E-state index contributed by atoms with van der Waals surface area (Å²) >= 11 is 3.39. The van der Waals surface area contributed by atoms with Crippen molar-refractivity contribution in [1.29, 1.82) is 0 Å². The lowest BCUT2D eigenvalue weighted by Gasteiger charge is -2.39. The molecule has 26 heavy (non-hydrogen) atoms. The first-order valence-corrected chi connectivity index (χ1v) is 9.24. The minimum Gasteiger partial charge on any atom is -0.352 e. The maximum Gasteiger partial charge on any atom is 0.193 e. The fraction of sp³-hybridized carbons (Fsp3) is 0.444. The summed E-state index contributed by atoms with van der Waals surface area (Å²) in [5.41, 5.74) is 0.618. The molecule has 2 atom stereocenters.